The lowest BCUT2D eigenvalue weighted by molar-refractivity contribution is -0.138. The van der Waals surface area contributed by atoms with Crippen LogP contribution in [0.5, 0.6) is 5.75 Å². The normalized spacial score (nSPS) is 14.2. The molecule has 34 heavy (non-hydrogen) atoms. The van der Waals surface area contributed by atoms with Gasteiger partial charge in [0.15, 0.2) is 12.6 Å². The Morgan fingerprint density at radius 2 is 1.91 bits per heavy atom. The Morgan fingerprint density at radius 1 is 1.21 bits per heavy atom. The molecule has 1 aliphatic heterocycles. The number of carbonyl (C=O) groups is 2. The number of benzene rings is 2. The lowest BCUT2D eigenvalue weighted by atomic mass is 9.95. The third kappa shape index (κ3) is 6.27. The second-order valence-electron chi connectivity index (χ2n) is 8.16. The molecule has 1 amide bonds. The number of hydrogen-bond donors (Lipinski definition) is 2. The van der Waals surface area contributed by atoms with Crippen LogP contribution < -0.4 is 10.1 Å². The van der Waals surface area contributed by atoms with E-state index >= 15 is 0 Å². The molecule has 2 N–H and O–H groups in total. The van der Waals surface area contributed by atoms with E-state index in [0.29, 0.717) is 55.3 Å². The van der Waals surface area contributed by atoms with Crippen LogP contribution >= 0.6 is 0 Å². The van der Waals surface area contributed by atoms with Gasteiger partial charge in [0.2, 0.25) is 0 Å². The fourth-order valence-electron chi connectivity index (χ4n) is 3.95. The SMILES string of the molecule is CCCc1cc(CC)cc(C(Nc2ccc(C#N)cc2)C(=O)O)c1OCC(=O)N1CCOCC1. The van der Waals surface area contributed by atoms with Crippen LogP contribution in [-0.2, 0) is 27.2 Å². The molecule has 2 aromatic rings. The lowest BCUT2D eigenvalue weighted by Crippen LogP contribution is -2.43. The molecule has 8 heteroatoms. The lowest BCUT2D eigenvalue weighted by Gasteiger charge is -2.28. The van der Waals surface area contributed by atoms with E-state index in [-0.39, 0.29) is 12.5 Å². The fraction of sp³-hybridized carbons (Fsp3) is 0.423. The Hall–Kier alpha value is -3.57. The quantitative estimate of drug-likeness (QED) is 0.552. The van der Waals surface area contributed by atoms with Crippen LogP contribution in [0.1, 0.15) is 48.6 Å². The summed E-state index contributed by atoms with van der Waals surface area (Å²) in [4.78, 5) is 26.8. The fourth-order valence-corrected chi connectivity index (χ4v) is 3.95. The number of amides is 1. The molecule has 180 valence electrons. The minimum Gasteiger partial charge on any atom is -0.483 e. The zero-order valence-corrected chi connectivity index (χ0v) is 19.7. The number of nitrogens with zero attached hydrogens (tertiary/aromatic N) is 2. The maximum absolute atomic E-state index is 12.7. The summed E-state index contributed by atoms with van der Waals surface area (Å²) in [5.74, 6) is -0.776. The molecule has 0 saturated carbocycles. The number of carboxylic acids is 1. The number of morpholine rings is 1. The number of hydrogen-bond acceptors (Lipinski definition) is 6. The van der Waals surface area contributed by atoms with Crippen LogP contribution in [0, 0.1) is 11.3 Å². The van der Waals surface area contributed by atoms with Gasteiger partial charge in [-0.3, -0.25) is 4.79 Å². The number of carboxylic acid groups (broad SMARTS) is 1. The van der Waals surface area contributed by atoms with Crippen LogP contribution in [0.4, 0.5) is 5.69 Å². The molecule has 1 unspecified atom stereocenters. The van der Waals surface area contributed by atoms with Crippen LogP contribution in [0.2, 0.25) is 0 Å². The average molecular weight is 466 g/mol. The average Bonchev–Trinajstić information content (AvgIpc) is 2.86. The second-order valence-corrected chi connectivity index (χ2v) is 8.16. The minimum atomic E-state index is -1.09. The highest BCUT2D eigenvalue weighted by Crippen LogP contribution is 2.34. The van der Waals surface area contributed by atoms with Crippen LogP contribution in [-0.4, -0.2) is 54.8 Å². The smallest absolute Gasteiger partial charge is 0.330 e. The summed E-state index contributed by atoms with van der Waals surface area (Å²) in [6.45, 7) is 5.93. The van der Waals surface area contributed by atoms with Gasteiger partial charge in [0, 0.05) is 24.3 Å². The van der Waals surface area contributed by atoms with E-state index in [0.717, 1.165) is 24.0 Å². The van der Waals surface area contributed by atoms with Gasteiger partial charge in [-0.2, -0.15) is 5.26 Å². The van der Waals surface area contributed by atoms with Crippen molar-refractivity contribution >= 4 is 17.6 Å². The van der Waals surface area contributed by atoms with Crippen LogP contribution in [0.3, 0.4) is 0 Å². The van der Waals surface area contributed by atoms with Crippen molar-refractivity contribution in [1.82, 2.24) is 4.90 Å². The number of nitrogens with one attached hydrogen (secondary N) is 1. The molecular formula is C26H31N3O5. The molecule has 1 fully saturated rings. The Bertz CT molecular complexity index is 1040. The molecule has 0 bridgehead atoms. The highest BCUT2D eigenvalue weighted by atomic mass is 16.5. The van der Waals surface area contributed by atoms with Gasteiger partial charge in [-0.15, -0.1) is 0 Å². The van der Waals surface area contributed by atoms with Gasteiger partial charge >= 0.3 is 5.97 Å². The van der Waals surface area contributed by atoms with Crippen molar-refractivity contribution in [2.24, 2.45) is 0 Å². The molecular weight excluding hydrogens is 434 g/mol. The number of ether oxygens (including phenoxy) is 2. The summed E-state index contributed by atoms with van der Waals surface area (Å²) in [7, 11) is 0. The zero-order valence-electron chi connectivity index (χ0n) is 19.7. The first-order chi connectivity index (χ1) is 16.5. The Labute approximate surface area is 200 Å². The Morgan fingerprint density at radius 3 is 2.50 bits per heavy atom. The maximum Gasteiger partial charge on any atom is 0.330 e. The largest absolute Gasteiger partial charge is 0.483 e. The molecule has 0 radical (unpaired) electrons. The molecule has 8 nitrogen and oxygen atoms in total. The predicted octanol–water partition coefficient (Wildman–Crippen LogP) is 3.55. The van der Waals surface area contributed by atoms with Crippen LogP contribution in [0.25, 0.3) is 0 Å². The second kappa shape index (κ2) is 12.1. The third-order valence-corrected chi connectivity index (χ3v) is 5.77. The van der Waals surface area contributed by atoms with Gasteiger partial charge < -0.3 is 24.8 Å². The zero-order chi connectivity index (χ0) is 24.5. The van der Waals surface area contributed by atoms with Crippen molar-refractivity contribution < 1.29 is 24.2 Å². The van der Waals surface area contributed by atoms with E-state index in [1.807, 2.05) is 26.0 Å². The summed E-state index contributed by atoms with van der Waals surface area (Å²) in [6, 6.07) is 11.4. The number of aryl methyl sites for hydroxylation is 2. The van der Waals surface area contributed by atoms with Gasteiger partial charge in [-0.1, -0.05) is 26.3 Å². The molecule has 1 atom stereocenters. The predicted molar refractivity (Wildman–Crippen MR) is 128 cm³/mol. The molecule has 1 aliphatic rings. The number of anilines is 1. The molecule has 0 spiro atoms. The summed E-state index contributed by atoms with van der Waals surface area (Å²) in [5, 5.41) is 22.2. The third-order valence-electron chi connectivity index (χ3n) is 5.77. The van der Waals surface area contributed by atoms with Crippen molar-refractivity contribution in [1.29, 1.82) is 5.26 Å². The minimum absolute atomic E-state index is 0.150. The van der Waals surface area contributed by atoms with Gasteiger partial charge in [0.1, 0.15) is 5.75 Å². The van der Waals surface area contributed by atoms with Crippen molar-refractivity contribution in [2.45, 2.75) is 39.2 Å². The van der Waals surface area contributed by atoms with Gasteiger partial charge in [0.25, 0.3) is 5.91 Å². The highest BCUT2D eigenvalue weighted by molar-refractivity contribution is 5.81. The molecule has 3 rings (SSSR count). The van der Waals surface area contributed by atoms with Gasteiger partial charge in [-0.25, -0.2) is 4.79 Å². The monoisotopic (exact) mass is 465 g/mol. The van der Waals surface area contributed by atoms with E-state index in [4.69, 9.17) is 14.7 Å². The summed E-state index contributed by atoms with van der Waals surface area (Å²) in [5.41, 5.74) is 3.43. The number of carbonyl (C=O) groups excluding carboxylic acids is 1. The summed E-state index contributed by atoms with van der Waals surface area (Å²) < 4.78 is 11.4. The first-order valence-electron chi connectivity index (χ1n) is 11.6. The van der Waals surface area contributed by atoms with Gasteiger partial charge in [-0.05, 0) is 54.3 Å². The number of aliphatic carboxylic acids is 1. The number of nitriles is 1. The Balaban J connectivity index is 1.95. The molecule has 2 aromatic carbocycles. The van der Waals surface area contributed by atoms with E-state index in [2.05, 4.69) is 11.4 Å². The van der Waals surface area contributed by atoms with Gasteiger partial charge in [0.05, 0.1) is 24.8 Å². The topological polar surface area (TPSA) is 112 Å². The summed E-state index contributed by atoms with van der Waals surface area (Å²) >= 11 is 0. The molecule has 0 aliphatic carbocycles. The molecule has 1 heterocycles. The first-order valence-corrected chi connectivity index (χ1v) is 11.6. The van der Waals surface area contributed by atoms with Crippen LogP contribution in [0.15, 0.2) is 36.4 Å². The molecule has 0 aromatic heterocycles. The first kappa shape index (κ1) is 25.1. The van der Waals surface area contributed by atoms with Crippen molar-refractivity contribution in [3.05, 3.63) is 58.7 Å². The highest BCUT2D eigenvalue weighted by Gasteiger charge is 2.27. The van der Waals surface area contributed by atoms with Crippen molar-refractivity contribution in [2.75, 3.05) is 38.2 Å². The van der Waals surface area contributed by atoms with Crippen molar-refractivity contribution in [3.8, 4) is 11.8 Å². The number of rotatable bonds is 10. The summed E-state index contributed by atoms with van der Waals surface area (Å²) in [6.07, 6.45) is 2.28. The maximum atomic E-state index is 12.7. The van der Waals surface area contributed by atoms with E-state index in [1.54, 1.807) is 29.2 Å². The van der Waals surface area contributed by atoms with Crippen molar-refractivity contribution in [3.63, 3.8) is 0 Å². The van der Waals surface area contributed by atoms with E-state index in [1.165, 1.54) is 0 Å². The van der Waals surface area contributed by atoms with E-state index in [9.17, 15) is 14.7 Å². The van der Waals surface area contributed by atoms with E-state index < -0.39 is 12.0 Å². The molecule has 1 saturated heterocycles. The Kier molecular flexibility index (Phi) is 8.88. The standard InChI is InChI=1S/C26H31N3O5/c1-3-5-20-14-18(4-2)15-22(25(20)34-17-23(30)29-10-12-33-13-11-29)24(26(31)32)28-21-8-6-19(16-27)7-9-21/h6-9,14-15,24,28H,3-5,10-13,17H2,1-2H3,(H,31,32).